The minimum Gasteiger partial charge on any atom is -0.385 e. The Morgan fingerprint density at radius 1 is 1.29 bits per heavy atom. The van der Waals surface area contributed by atoms with Crippen molar-refractivity contribution in [1.82, 2.24) is 10.1 Å². The van der Waals surface area contributed by atoms with Gasteiger partial charge in [-0.1, -0.05) is 36.2 Å². The lowest BCUT2D eigenvalue weighted by Crippen LogP contribution is -1.98. The Kier molecular flexibility index (Phi) is 3.54. The quantitative estimate of drug-likeness (QED) is 0.880. The second-order valence-electron chi connectivity index (χ2n) is 4.13. The van der Waals surface area contributed by atoms with Crippen molar-refractivity contribution in [2.24, 2.45) is 0 Å². The molecule has 1 heterocycles. The molecular formula is C13H16N2O2. The van der Waals surface area contributed by atoms with Crippen LogP contribution >= 0.6 is 0 Å². The standard InChI is InChI=1S/C13H16N2O2/c1-3-4-11(16)12-14-13(17-15-12)10-7-5-9(2)6-8-10/h5-8,11,16H,3-4H2,1-2H3. The molecule has 4 nitrogen and oxygen atoms in total. The van der Waals surface area contributed by atoms with E-state index in [1.165, 1.54) is 5.56 Å². The molecule has 0 spiro atoms. The van der Waals surface area contributed by atoms with Crippen LogP contribution in [0.1, 0.15) is 37.3 Å². The maximum Gasteiger partial charge on any atom is 0.258 e. The summed E-state index contributed by atoms with van der Waals surface area (Å²) in [6.07, 6.45) is 0.894. The molecule has 0 fully saturated rings. The van der Waals surface area contributed by atoms with Crippen molar-refractivity contribution in [2.75, 3.05) is 0 Å². The highest BCUT2D eigenvalue weighted by atomic mass is 16.5. The van der Waals surface area contributed by atoms with Crippen molar-refractivity contribution in [3.8, 4) is 11.5 Å². The largest absolute Gasteiger partial charge is 0.385 e. The number of aryl methyl sites for hydroxylation is 1. The topological polar surface area (TPSA) is 59.2 Å². The molecule has 17 heavy (non-hydrogen) atoms. The predicted octanol–water partition coefficient (Wildman–Crippen LogP) is 2.88. The average Bonchev–Trinajstić information content (AvgIpc) is 2.80. The van der Waals surface area contributed by atoms with Crippen LogP contribution in [0.25, 0.3) is 11.5 Å². The number of aromatic nitrogens is 2. The van der Waals surface area contributed by atoms with E-state index >= 15 is 0 Å². The average molecular weight is 232 g/mol. The summed E-state index contributed by atoms with van der Waals surface area (Å²) in [6.45, 7) is 4.03. The molecule has 0 saturated heterocycles. The third-order valence-corrected chi connectivity index (χ3v) is 2.60. The van der Waals surface area contributed by atoms with Crippen molar-refractivity contribution in [1.29, 1.82) is 0 Å². The first-order valence-electron chi connectivity index (χ1n) is 5.79. The summed E-state index contributed by atoms with van der Waals surface area (Å²) < 4.78 is 5.14. The van der Waals surface area contributed by atoms with Gasteiger partial charge in [0.1, 0.15) is 6.10 Å². The first kappa shape index (κ1) is 11.8. The van der Waals surface area contributed by atoms with Gasteiger partial charge in [0.25, 0.3) is 5.89 Å². The molecule has 2 rings (SSSR count). The molecule has 0 aliphatic heterocycles. The number of aliphatic hydroxyl groups is 1. The zero-order valence-electron chi connectivity index (χ0n) is 10.1. The first-order valence-corrected chi connectivity index (χ1v) is 5.79. The Labute approximate surface area is 100 Å². The van der Waals surface area contributed by atoms with Crippen LogP contribution in [-0.4, -0.2) is 15.2 Å². The van der Waals surface area contributed by atoms with E-state index < -0.39 is 6.10 Å². The van der Waals surface area contributed by atoms with E-state index in [1.807, 2.05) is 38.1 Å². The molecule has 0 radical (unpaired) electrons. The molecule has 1 aromatic heterocycles. The summed E-state index contributed by atoms with van der Waals surface area (Å²) in [6, 6.07) is 7.83. The minimum absolute atomic E-state index is 0.363. The van der Waals surface area contributed by atoms with Crippen molar-refractivity contribution < 1.29 is 9.63 Å². The number of benzene rings is 1. The number of aliphatic hydroxyl groups excluding tert-OH is 1. The van der Waals surface area contributed by atoms with Crippen molar-refractivity contribution in [3.63, 3.8) is 0 Å². The van der Waals surface area contributed by atoms with Gasteiger partial charge in [0.2, 0.25) is 5.82 Å². The molecule has 1 aromatic carbocycles. The van der Waals surface area contributed by atoms with Crippen LogP contribution in [-0.2, 0) is 0 Å². The van der Waals surface area contributed by atoms with Gasteiger partial charge in [-0.25, -0.2) is 0 Å². The van der Waals surface area contributed by atoms with E-state index in [-0.39, 0.29) is 0 Å². The summed E-state index contributed by atoms with van der Waals surface area (Å²) in [4.78, 5) is 4.20. The Balaban J connectivity index is 2.20. The molecule has 0 amide bonds. The predicted molar refractivity (Wildman–Crippen MR) is 64.3 cm³/mol. The van der Waals surface area contributed by atoms with E-state index in [1.54, 1.807) is 0 Å². The zero-order valence-corrected chi connectivity index (χ0v) is 10.1. The highest BCUT2D eigenvalue weighted by molar-refractivity contribution is 5.53. The van der Waals surface area contributed by atoms with Gasteiger partial charge in [-0.15, -0.1) is 0 Å². The summed E-state index contributed by atoms with van der Waals surface area (Å²) in [5.74, 6) is 0.817. The van der Waals surface area contributed by atoms with Crippen molar-refractivity contribution in [2.45, 2.75) is 32.8 Å². The van der Waals surface area contributed by atoms with Gasteiger partial charge in [-0.2, -0.15) is 4.98 Å². The maximum absolute atomic E-state index is 9.74. The monoisotopic (exact) mass is 232 g/mol. The molecule has 1 N–H and O–H groups in total. The molecule has 0 saturated carbocycles. The Bertz CT molecular complexity index is 476. The van der Waals surface area contributed by atoms with Gasteiger partial charge in [0.15, 0.2) is 0 Å². The van der Waals surface area contributed by atoms with Gasteiger partial charge >= 0.3 is 0 Å². The normalized spacial score (nSPS) is 12.6. The summed E-state index contributed by atoms with van der Waals surface area (Å²) in [5.41, 5.74) is 2.05. The maximum atomic E-state index is 9.74. The molecule has 0 aliphatic rings. The lowest BCUT2D eigenvalue weighted by molar-refractivity contribution is 0.153. The molecule has 0 aliphatic carbocycles. The SMILES string of the molecule is CCCC(O)c1noc(-c2ccc(C)cc2)n1. The van der Waals surface area contributed by atoms with E-state index in [4.69, 9.17) is 4.52 Å². The fraction of sp³-hybridized carbons (Fsp3) is 0.385. The minimum atomic E-state index is -0.636. The fourth-order valence-electron chi connectivity index (χ4n) is 1.59. The van der Waals surface area contributed by atoms with Gasteiger partial charge in [0, 0.05) is 5.56 Å². The summed E-state index contributed by atoms with van der Waals surface area (Å²) in [7, 11) is 0. The van der Waals surface area contributed by atoms with Crippen molar-refractivity contribution in [3.05, 3.63) is 35.7 Å². The second-order valence-corrected chi connectivity index (χ2v) is 4.13. The highest BCUT2D eigenvalue weighted by Gasteiger charge is 2.15. The Hall–Kier alpha value is -1.68. The molecule has 0 bridgehead atoms. The van der Waals surface area contributed by atoms with E-state index in [0.29, 0.717) is 18.1 Å². The van der Waals surface area contributed by atoms with Crippen LogP contribution in [0.3, 0.4) is 0 Å². The lowest BCUT2D eigenvalue weighted by Gasteiger charge is -2.01. The zero-order chi connectivity index (χ0) is 12.3. The summed E-state index contributed by atoms with van der Waals surface area (Å²) >= 11 is 0. The summed E-state index contributed by atoms with van der Waals surface area (Å²) in [5, 5.41) is 13.5. The van der Waals surface area contributed by atoms with Gasteiger partial charge in [-0.3, -0.25) is 0 Å². The lowest BCUT2D eigenvalue weighted by atomic mass is 10.1. The van der Waals surface area contributed by atoms with E-state index in [9.17, 15) is 5.11 Å². The van der Waals surface area contributed by atoms with Crippen LogP contribution in [0.15, 0.2) is 28.8 Å². The van der Waals surface area contributed by atoms with Gasteiger partial charge in [0.05, 0.1) is 0 Å². The first-order chi connectivity index (χ1) is 8.20. The molecule has 1 unspecified atom stereocenters. The molecule has 1 atom stereocenters. The van der Waals surface area contributed by atoms with Crippen LogP contribution in [0.5, 0.6) is 0 Å². The van der Waals surface area contributed by atoms with Crippen LogP contribution < -0.4 is 0 Å². The van der Waals surface area contributed by atoms with Gasteiger partial charge < -0.3 is 9.63 Å². The number of hydrogen-bond donors (Lipinski definition) is 1. The van der Waals surface area contributed by atoms with Gasteiger partial charge in [-0.05, 0) is 25.5 Å². The number of hydrogen-bond acceptors (Lipinski definition) is 4. The fourth-order valence-corrected chi connectivity index (χ4v) is 1.59. The van der Waals surface area contributed by atoms with Crippen LogP contribution in [0.4, 0.5) is 0 Å². The molecule has 4 heteroatoms. The molecular weight excluding hydrogens is 216 g/mol. The third-order valence-electron chi connectivity index (χ3n) is 2.60. The van der Waals surface area contributed by atoms with E-state index in [2.05, 4.69) is 10.1 Å². The Morgan fingerprint density at radius 3 is 2.65 bits per heavy atom. The van der Waals surface area contributed by atoms with E-state index in [0.717, 1.165) is 12.0 Å². The van der Waals surface area contributed by atoms with Crippen molar-refractivity contribution >= 4 is 0 Å². The van der Waals surface area contributed by atoms with Crippen LogP contribution in [0.2, 0.25) is 0 Å². The second kappa shape index (κ2) is 5.10. The molecule has 90 valence electrons. The highest BCUT2D eigenvalue weighted by Crippen LogP contribution is 2.21. The third kappa shape index (κ3) is 2.71. The molecule has 2 aromatic rings. The van der Waals surface area contributed by atoms with Crippen LogP contribution in [0, 0.1) is 6.92 Å². The number of rotatable bonds is 4. The Morgan fingerprint density at radius 2 is 2.00 bits per heavy atom. The number of nitrogens with zero attached hydrogens (tertiary/aromatic N) is 2. The smallest absolute Gasteiger partial charge is 0.258 e.